The van der Waals surface area contributed by atoms with Crippen LogP contribution in [0.1, 0.15) is 24.4 Å². The van der Waals surface area contributed by atoms with Gasteiger partial charge in [-0.05, 0) is 30.5 Å². The molecule has 2 aliphatic heterocycles. The molecule has 2 unspecified atom stereocenters. The smallest absolute Gasteiger partial charge is 0.322 e. The van der Waals surface area contributed by atoms with Crippen molar-refractivity contribution in [1.82, 2.24) is 10.6 Å². The van der Waals surface area contributed by atoms with Crippen LogP contribution in [0, 0.1) is 0 Å². The Morgan fingerprint density at radius 2 is 2.19 bits per heavy atom. The third kappa shape index (κ3) is 2.87. The number of hydrogen-bond donors (Lipinski definition) is 3. The van der Waals surface area contributed by atoms with E-state index in [4.69, 9.17) is 4.74 Å². The first-order chi connectivity index (χ1) is 10.1. The fourth-order valence-corrected chi connectivity index (χ4v) is 2.45. The number of rotatable bonds is 3. The van der Waals surface area contributed by atoms with Crippen molar-refractivity contribution in [3.05, 3.63) is 29.8 Å². The fraction of sp³-hybridized carbons (Fsp3) is 0.357. The van der Waals surface area contributed by atoms with Crippen molar-refractivity contribution in [3.63, 3.8) is 0 Å². The van der Waals surface area contributed by atoms with E-state index in [0.29, 0.717) is 24.3 Å². The lowest BCUT2D eigenvalue weighted by Crippen LogP contribution is -2.27. The van der Waals surface area contributed by atoms with Crippen molar-refractivity contribution < 1.29 is 19.1 Å². The summed E-state index contributed by atoms with van der Waals surface area (Å²) in [6, 6.07) is 5.60. The van der Waals surface area contributed by atoms with E-state index in [1.807, 2.05) is 0 Å². The molecule has 1 aromatic carbocycles. The Hall–Kier alpha value is -2.41. The van der Waals surface area contributed by atoms with Crippen LogP contribution in [0.25, 0.3) is 0 Å². The van der Waals surface area contributed by atoms with Gasteiger partial charge in [-0.3, -0.25) is 14.9 Å². The molecule has 21 heavy (non-hydrogen) atoms. The molecule has 1 aromatic rings. The number of nitrogens with one attached hydrogen (secondary N) is 3. The van der Waals surface area contributed by atoms with E-state index in [1.54, 1.807) is 24.3 Å². The largest absolute Gasteiger partial charge is 0.368 e. The molecule has 3 rings (SSSR count). The van der Waals surface area contributed by atoms with Gasteiger partial charge in [0.15, 0.2) is 0 Å². The number of anilines is 1. The van der Waals surface area contributed by atoms with Gasteiger partial charge in [-0.1, -0.05) is 12.1 Å². The van der Waals surface area contributed by atoms with E-state index >= 15 is 0 Å². The Balaban J connectivity index is 1.72. The molecule has 0 bridgehead atoms. The van der Waals surface area contributed by atoms with Gasteiger partial charge in [0.05, 0.1) is 0 Å². The average molecular weight is 289 g/mol. The van der Waals surface area contributed by atoms with Crippen molar-refractivity contribution in [3.8, 4) is 0 Å². The van der Waals surface area contributed by atoms with Crippen LogP contribution >= 0.6 is 0 Å². The van der Waals surface area contributed by atoms with Crippen molar-refractivity contribution in [2.75, 3.05) is 11.9 Å². The Bertz CT molecular complexity index is 596. The molecule has 2 atom stereocenters. The summed E-state index contributed by atoms with van der Waals surface area (Å²) >= 11 is 0. The van der Waals surface area contributed by atoms with E-state index < -0.39 is 24.1 Å². The average Bonchev–Trinajstić information content (AvgIpc) is 3.08. The molecule has 2 saturated heterocycles. The zero-order valence-corrected chi connectivity index (χ0v) is 11.2. The first kappa shape index (κ1) is 13.6. The highest BCUT2D eigenvalue weighted by atomic mass is 16.5. The summed E-state index contributed by atoms with van der Waals surface area (Å²) in [5, 5.41) is 7.46. The zero-order valence-electron chi connectivity index (χ0n) is 11.2. The first-order valence-electron chi connectivity index (χ1n) is 6.77. The van der Waals surface area contributed by atoms with Gasteiger partial charge in [-0.2, -0.15) is 0 Å². The molecule has 0 saturated carbocycles. The monoisotopic (exact) mass is 289 g/mol. The molecule has 7 heteroatoms. The number of benzene rings is 1. The van der Waals surface area contributed by atoms with Crippen LogP contribution in [0.2, 0.25) is 0 Å². The van der Waals surface area contributed by atoms with Crippen molar-refractivity contribution in [2.45, 2.75) is 25.0 Å². The normalized spacial score (nSPS) is 24.6. The van der Waals surface area contributed by atoms with Crippen LogP contribution in [0.4, 0.5) is 10.5 Å². The summed E-state index contributed by atoms with van der Waals surface area (Å²) in [7, 11) is 0. The summed E-state index contributed by atoms with van der Waals surface area (Å²) in [5.74, 6) is -0.591. The van der Waals surface area contributed by atoms with Gasteiger partial charge in [0.25, 0.3) is 11.8 Å². The maximum Gasteiger partial charge on any atom is 0.322 e. The van der Waals surface area contributed by atoms with Gasteiger partial charge in [-0.25, -0.2) is 4.79 Å². The van der Waals surface area contributed by atoms with Gasteiger partial charge in [0.2, 0.25) is 0 Å². The predicted octanol–water partition coefficient (Wildman–Crippen LogP) is 0.685. The summed E-state index contributed by atoms with van der Waals surface area (Å²) < 4.78 is 5.31. The quantitative estimate of drug-likeness (QED) is 0.713. The third-order valence-electron chi connectivity index (χ3n) is 3.48. The van der Waals surface area contributed by atoms with Gasteiger partial charge >= 0.3 is 6.03 Å². The third-order valence-corrected chi connectivity index (χ3v) is 3.48. The molecule has 2 fully saturated rings. The van der Waals surface area contributed by atoms with Crippen molar-refractivity contribution in [2.24, 2.45) is 0 Å². The maximum atomic E-state index is 12.0. The molecule has 4 amide bonds. The summed E-state index contributed by atoms with van der Waals surface area (Å²) in [4.78, 5) is 34.7. The summed E-state index contributed by atoms with van der Waals surface area (Å²) in [5.41, 5.74) is 1.19. The minimum absolute atomic E-state index is 0.190. The second kappa shape index (κ2) is 5.53. The molecule has 0 aromatic heterocycles. The highest BCUT2D eigenvalue weighted by Gasteiger charge is 2.31. The van der Waals surface area contributed by atoms with Gasteiger partial charge in [0, 0.05) is 12.3 Å². The molecular weight excluding hydrogens is 274 g/mol. The number of urea groups is 1. The molecule has 2 heterocycles. The van der Waals surface area contributed by atoms with Crippen molar-refractivity contribution >= 4 is 23.5 Å². The van der Waals surface area contributed by atoms with Crippen LogP contribution in [-0.4, -0.2) is 30.6 Å². The maximum absolute atomic E-state index is 12.0. The van der Waals surface area contributed by atoms with E-state index in [0.717, 1.165) is 6.42 Å². The molecule has 110 valence electrons. The number of hydrogen-bond acceptors (Lipinski definition) is 4. The molecule has 2 aliphatic rings. The second-order valence-corrected chi connectivity index (χ2v) is 5.01. The van der Waals surface area contributed by atoms with Crippen LogP contribution < -0.4 is 16.0 Å². The highest BCUT2D eigenvalue weighted by molar-refractivity contribution is 6.04. The Morgan fingerprint density at radius 3 is 2.86 bits per heavy atom. The molecular formula is C14H15N3O4. The molecule has 7 nitrogen and oxygen atoms in total. The fourth-order valence-electron chi connectivity index (χ4n) is 2.45. The summed E-state index contributed by atoms with van der Waals surface area (Å²) in [6.45, 7) is 0.604. The van der Waals surface area contributed by atoms with Gasteiger partial charge in [0.1, 0.15) is 12.1 Å². The van der Waals surface area contributed by atoms with E-state index in [-0.39, 0.29) is 5.91 Å². The summed E-state index contributed by atoms with van der Waals surface area (Å²) in [6.07, 6.45) is 1.18. The van der Waals surface area contributed by atoms with E-state index in [2.05, 4.69) is 16.0 Å². The lowest BCUT2D eigenvalue weighted by Gasteiger charge is -2.13. The van der Waals surface area contributed by atoms with Crippen LogP contribution in [0.5, 0.6) is 0 Å². The minimum Gasteiger partial charge on any atom is -0.368 e. The second-order valence-electron chi connectivity index (χ2n) is 5.01. The number of carbonyl (C=O) groups excluding carboxylic acids is 3. The minimum atomic E-state index is -0.725. The molecule has 0 radical (unpaired) electrons. The van der Waals surface area contributed by atoms with Crippen LogP contribution in [0.3, 0.4) is 0 Å². The molecule has 3 N–H and O–H groups in total. The Labute approximate surface area is 121 Å². The van der Waals surface area contributed by atoms with E-state index in [1.165, 1.54) is 0 Å². The Kier molecular flexibility index (Phi) is 3.57. The lowest BCUT2D eigenvalue weighted by atomic mass is 10.1. The Morgan fingerprint density at radius 1 is 1.33 bits per heavy atom. The number of carbonyl (C=O) groups is 3. The predicted molar refractivity (Wildman–Crippen MR) is 73.5 cm³/mol. The van der Waals surface area contributed by atoms with Gasteiger partial charge in [-0.15, -0.1) is 0 Å². The molecule has 0 spiro atoms. The topological polar surface area (TPSA) is 96.5 Å². The standard InChI is InChI=1S/C14H15N3O4/c18-12(10-5-2-6-21-10)15-9-4-1-3-8(7-9)11-13(19)17-14(20)16-11/h1,3-4,7,10-11H,2,5-6H2,(H,15,18)(H2,16,17,19,20). The van der Waals surface area contributed by atoms with Gasteiger partial charge < -0.3 is 15.4 Å². The number of amides is 4. The van der Waals surface area contributed by atoms with Crippen LogP contribution in [0.15, 0.2) is 24.3 Å². The zero-order chi connectivity index (χ0) is 14.8. The van der Waals surface area contributed by atoms with Crippen LogP contribution in [-0.2, 0) is 14.3 Å². The first-order valence-corrected chi connectivity index (χ1v) is 6.77. The SMILES string of the molecule is O=C1NC(=O)C(c2cccc(NC(=O)C3CCCO3)c2)N1. The number of imide groups is 1. The lowest BCUT2D eigenvalue weighted by molar-refractivity contribution is -0.124. The molecule has 0 aliphatic carbocycles. The van der Waals surface area contributed by atoms with Crippen molar-refractivity contribution in [1.29, 1.82) is 0 Å². The van der Waals surface area contributed by atoms with E-state index in [9.17, 15) is 14.4 Å². The highest BCUT2D eigenvalue weighted by Crippen LogP contribution is 2.21. The number of ether oxygens (including phenoxy) is 1.